The van der Waals surface area contributed by atoms with Crippen molar-refractivity contribution in [1.82, 2.24) is 0 Å². The van der Waals surface area contributed by atoms with Gasteiger partial charge < -0.3 is 5.11 Å². The van der Waals surface area contributed by atoms with Crippen molar-refractivity contribution in [3.05, 3.63) is 118 Å². The van der Waals surface area contributed by atoms with E-state index in [9.17, 15) is 5.11 Å². The van der Waals surface area contributed by atoms with Gasteiger partial charge in [-0.3, -0.25) is 0 Å². The topological polar surface area (TPSA) is 20.2 Å². The van der Waals surface area contributed by atoms with Crippen LogP contribution < -0.4 is 15.9 Å². The number of hydrogen-bond donors (Lipinski definition) is 1. The van der Waals surface area contributed by atoms with Crippen molar-refractivity contribution in [1.29, 1.82) is 0 Å². The van der Waals surface area contributed by atoms with E-state index in [1.165, 1.54) is 49.3 Å². The van der Waals surface area contributed by atoms with Gasteiger partial charge in [0.05, 0.1) is 0 Å². The molecule has 4 aromatic rings. The molecule has 32 heavy (non-hydrogen) atoms. The van der Waals surface area contributed by atoms with E-state index in [4.69, 9.17) is 0 Å². The van der Waals surface area contributed by atoms with E-state index in [0.717, 1.165) is 0 Å². The summed E-state index contributed by atoms with van der Waals surface area (Å²) < 4.78 is 0. The van der Waals surface area contributed by atoms with E-state index in [0.29, 0.717) is 5.75 Å². The van der Waals surface area contributed by atoms with Crippen LogP contribution in [0.1, 0.15) is 33.4 Å². The minimum atomic E-state index is -0.668. The molecule has 0 aliphatic heterocycles. The number of hydrogen-bond acceptors (Lipinski definition) is 1. The first-order valence-corrected chi connectivity index (χ1v) is 12.4. The summed E-state index contributed by atoms with van der Waals surface area (Å²) in [4.78, 5) is 0. The smallest absolute Gasteiger partial charge is 0.115 e. The first-order chi connectivity index (χ1) is 15.3. The van der Waals surface area contributed by atoms with E-state index < -0.39 is 7.92 Å². The zero-order chi connectivity index (χ0) is 23.3. The third kappa shape index (κ3) is 5.29. The van der Waals surface area contributed by atoms with E-state index in [2.05, 4.69) is 77.9 Å². The van der Waals surface area contributed by atoms with Crippen molar-refractivity contribution in [2.24, 2.45) is 0 Å². The Balaban J connectivity index is 0.000000416. The van der Waals surface area contributed by atoms with Gasteiger partial charge in [0.2, 0.25) is 0 Å². The molecule has 4 rings (SSSR count). The van der Waals surface area contributed by atoms with Crippen molar-refractivity contribution in [2.75, 3.05) is 0 Å². The SMILES string of the molecule is Cc1ccc(P(c2ccc(O)cc2)c2ccc(C)c(C)c2C)c(C)c1C.c1ccccc1. The van der Waals surface area contributed by atoms with E-state index in [1.54, 1.807) is 12.1 Å². The van der Waals surface area contributed by atoms with E-state index >= 15 is 0 Å². The molecule has 0 aliphatic rings. The maximum atomic E-state index is 9.76. The molecule has 0 unspecified atom stereocenters. The van der Waals surface area contributed by atoms with Crippen LogP contribution >= 0.6 is 7.92 Å². The summed E-state index contributed by atoms with van der Waals surface area (Å²) in [5, 5.41) is 13.8. The quantitative estimate of drug-likeness (QED) is 0.352. The van der Waals surface area contributed by atoms with Gasteiger partial charge in [0.1, 0.15) is 5.75 Å². The normalized spacial score (nSPS) is 10.6. The van der Waals surface area contributed by atoms with Crippen LogP contribution in [0.4, 0.5) is 0 Å². The molecule has 1 nitrogen and oxygen atoms in total. The molecule has 0 heterocycles. The number of phenols is 1. The lowest BCUT2D eigenvalue weighted by molar-refractivity contribution is 0.475. The molecule has 0 aromatic heterocycles. The van der Waals surface area contributed by atoms with Gasteiger partial charge in [0.25, 0.3) is 0 Å². The Morgan fingerprint density at radius 2 is 0.844 bits per heavy atom. The molecular weight excluding hydrogens is 407 g/mol. The second-order valence-corrected chi connectivity index (χ2v) is 10.5. The predicted molar refractivity (Wildman–Crippen MR) is 142 cm³/mol. The number of rotatable bonds is 3. The lowest BCUT2D eigenvalue weighted by atomic mass is 10.0. The Bertz CT molecular complexity index is 1090. The van der Waals surface area contributed by atoms with Gasteiger partial charge in [-0.25, -0.2) is 0 Å². The third-order valence-corrected chi connectivity index (χ3v) is 9.06. The van der Waals surface area contributed by atoms with Gasteiger partial charge >= 0.3 is 0 Å². The van der Waals surface area contributed by atoms with Gasteiger partial charge in [0, 0.05) is 0 Å². The summed E-state index contributed by atoms with van der Waals surface area (Å²) in [6.45, 7) is 13.3. The fourth-order valence-corrected chi connectivity index (χ4v) is 6.48. The molecule has 0 amide bonds. The molecule has 0 spiro atoms. The van der Waals surface area contributed by atoms with Crippen LogP contribution in [0.2, 0.25) is 0 Å². The molecule has 0 fully saturated rings. The van der Waals surface area contributed by atoms with Crippen LogP contribution in [0.25, 0.3) is 0 Å². The summed E-state index contributed by atoms with van der Waals surface area (Å²) >= 11 is 0. The van der Waals surface area contributed by atoms with Crippen molar-refractivity contribution in [2.45, 2.75) is 41.5 Å². The number of benzene rings is 4. The second kappa shape index (κ2) is 10.6. The predicted octanol–water partition coefficient (Wildman–Crippen LogP) is 6.69. The molecule has 0 atom stereocenters. The van der Waals surface area contributed by atoms with Crippen LogP contribution in [0.3, 0.4) is 0 Å². The monoisotopic (exact) mass is 440 g/mol. The van der Waals surface area contributed by atoms with Gasteiger partial charge in [-0.05, 0) is 111 Å². The molecular formula is C30H33OP. The summed E-state index contributed by atoms with van der Waals surface area (Å²) in [5.41, 5.74) is 8.17. The Hall–Kier alpha value is -2.89. The van der Waals surface area contributed by atoms with Gasteiger partial charge in [-0.15, -0.1) is 0 Å². The van der Waals surface area contributed by atoms with Crippen LogP contribution in [-0.2, 0) is 0 Å². The van der Waals surface area contributed by atoms with Gasteiger partial charge in [0.15, 0.2) is 0 Å². The molecule has 0 radical (unpaired) electrons. The van der Waals surface area contributed by atoms with Crippen molar-refractivity contribution in [3.63, 3.8) is 0 Å². The molecule has 0 saturated heterocycles. The first kappa shape index (κ1) is 23.8. The Kier molecular flexibility index (Phi) is 7.89. The molecule has 164 valence electrons. The van der Waals surface area contributed by atoms with E-state index in [-0.39, 0.29) is 0 Å². The lowest BCUT2D eigenvalue weighted by Gasteiger charge is -2.25. The largest absolute Gasteiger partial charge is 0.508 e. The Morgan fingerprint density at radius 1 is 0.469 bits per heavy atom. The molecule has 1 N–H and O–H groups in total. The standard InChI is InChI=1S/C24H27OP.C6H6/c1-15-7-13-23(19(5)17(15)3)26(22-11-9-21(25)10-12-22)24-14-8-16(2)18(4)20(24)6;1-2-4-6-5-3-1/h7-14,25H,1-6H3;1-6H. The summed E-state index contributed by atoms with van der Waals surface area (Å²) in [5.74, 6) is 0.317. The van der Waals surface area contributed by atoms with E-state index in [1.807, 2.05) is 36.4 Å². The van der Waals surface area contributed by atoms with Crippen LogP contribution in [0.5, 0.6) is 5.75 Å². The van der Waals surface area contributed by atoms with Crippen molar-refractivity contribution >= 4 is 23.8 Å². The highest BCUT2D eigenvalue weighted by Crippen LogP contribution is 2.37. The fourth-order valence-electron chi connectivity index (χ4n) is 3.76. The van der Waals surface area contributed by atoms with Crippen LogP contribution in [0, 0.1) is 41.5 Å². The number of aromatic hydroxyl groups is 1. The summed E-state index contributed by atoms with van der Waals surface area (Å²) in [6, 6.07) is 28.8. The van der Waals surface area contributed by atoms with Gasteiger partial charge in [-0.2, -0.15) is 0 Å². The minimum Gasteiger partial charge on any atom is -0.508 e. The average molecular weight is 441 g/mol. The number of aryl methyl sites for hydroxylation is 2. The maximum absolute atomic E-state index is 9.76. The molecule has 0 saturated carbocycles. The maximum Gasteiger partial charge on any atom is 0.115 e. The van der Waals surface area contributed by atoms with Crippen LogP contribution in [0.15, 0.2) is 84.9 Å². The molecule has 4 aromatic carbocycles. The zero-order valence-corrected chi connectivity index (χ0v) is 20.9. The molecule has 0 aliphatic carbocycles. The Morgan fingerprint density at radius 3 is 1.22 bits per heavy atom. The van der Waals surface area contributed by atoms with Gasteiger partial charge in [-0.1, -0.05) is 72.8 Å². The molecule has 2 heteroatoms. The summed E-state index contributed by atoms with van der Waals surface area (Å²) in [7, 11) is -0.668. The highest BCUT2D eigenvalue weighted by molar-refractivity contribution is 7.80. The highest BCUT2D eigenvalue weighted by atomic mass is 31.1. The average Bonchev–Trinajstić information content (AvgIpc) is 2.81. The first-order valence-electron chi connectivity index (χ1n) is 11.0. The number of phenolic OH excluding ortho intramolecular Hbond substituents is 1. The van der Waals surface area contributed by atoms with Crippen LogP contribution in [-0.4, -0.2) is 5.11 Å². The van der Waals surface area contributed by atoms with Crippen molar-refractivity contribution < 1.29 is 5.11 Å². The third-order valence-electron chi connectivity index (χ3n) is 6.32. The second-order valence-electron chi connectivity index (χ2n) is 8.31. The minimum absolute atomic E-state index is 0.317. The zero-order valence-electron chi connectivity index (χ0n) is 20.0. The fraction of sp³-hybridized carbons (Fsp3) is 0.200. The lowest BCUT2D eigenvalue weighted by Crippen LogP contribution is -2.25. The van der Waals surface area contributed by atoms with Crippen molar-refractivity contribution in [3.8, 4) is 5.75 Å². The Labute approximate surface area is 194 Å². The highest BCUT2D eigenvalue weighted by Gasteiger charge is 2.22. The summed E-state index contributed by atoms with van der Waals surface area (Å²) in [6.07, 6.45) is 0. The molecule has 0 bridgehead atoms.